The zero-order valence-corrected chi connectivity index (χ0v) is 7.83. The molecule has 0 bridgehead atoms. The van der Waals surface area contributed by atoms with Crippen LogP contribution in [-0.2, 0) is 38.3 Å². The van der Waals surface area contributed by atoms with E-state index in [0.717, 1.165) is 0 Å². The van der Waals surface area contributed by atoms with Crippen molar-refractivity contribution in [1.82, 2.24) is 0 Å². The van der Waals surface area contributed by atoms with Gasteiger partial charge in [0.15, 0.2) is 13.2 Å². The third-order valence-electron chi connectivity index (χ3n) is 1.07. The van der Waals surface area contributed by atoms with Crippen LogP contribution in [0.2, 0.25) is 0 Å². The smallest absolute Gasteiger partial charge is 0.418 e. The van der Waals surface area contributed by atoms with Gasteiger partial charge in [-0.15, -0.1) is 0 Å². The molecule has 0 spiro atoms. The first kappa shape index (κ1) is 13.8. The molecule has 0 aromatic heterocycles. The highest BCUT2D eigenvalue weighted by atomic mass is 16.7. The summed E-state index contributed by atoms with van der Waals surface area (Å²) in [5.74, 6) is 3.72. The quantitative estimate of drug-likeness (QED) is 0.291. The zero-order valence-electron chi connectivity index (χ0n) is 7.83. The molecule has 0 aliphatic rings. The van der Waals surface area contributed by atoms with Crippen molar-refractivity contribution in [3.63, 3.8) is 0 Å². The van der Waals surface area contributed by atoms with Crippen molar-refractivity contribution in [3.05, 3.63) is 0 Å². The molecular formula is C6H8N2O8. The third kappa shape index (κ3) is 5.51. The molecule has 0 radical (unpaired) electrons. The Bertz CT molecular complexity index is 271. The van der Waals surface area contributed by atoms with Crippen LogP contribution in [0.3, 0.4) is 0 Å². The molecule has 0 amide bonds. The Balaban J connectivity index is 3.87. The number of rotatable bonds is 4. The van der Waals surface area contributed by atoms with Crippen LogP contribution in [0.1, 0.15) is 0 Å². The van der Waals surface area contributed by atoms with Gasteiger partial charge in [0.05, 0.1) is 0 Å². The SMILES string of the molecule is NOC(=O)COC(=O)C(=O)OCC(=O)ON. The number of carbonyl (C=O) groups is 4. The number of nitrogens with two attached hydrogens (primary N) is 2. The molecule has 0 aliphatic heterocycles. The predicted octanol–water partition coefficient (Wildman–Crippen LogP) is -3.09. The van der Waals surface area contributed by atoms with Crippen LogP contribution in [0, 0.1) is 0 Å². The maximum atomic E-state index is 10.7. The molecule has 0 saturated heterocycles. The summed E-state index contributed by atoms with van der Waals surface area (Å²) < 4.78 is 8.14. The largest absolute Gasteiger partial charge is 0.445 e. The van der Waals surface area contributed by atoms with E-state index in [1.54, 1.807) is 0 Å². The van der Waals surface area contributed by atoms with Gasteiger partial charge in [0.2, 0.25) is 0 Å². The number of ether oxygens (including phenoxy) is 2. The lowest BCUT2D eigenvalue weighted by molar-refractivity contribution is -0.174. The van der Waals surface area contributed by atoms with Gasteiger partial charge in [0.25, 0.3) is 0 Å². The highest BCUT2D eigenvalue weighted by molar-refractivity contribution is 6.30. The van der Waals surface area contributed by atoms with E-state index in [1.807, 2.05) is 0 Å². The Morgan fingerprint density at radius 3 is 1.31 bits per heavy atom. The lowest BCUT2D eigenvalue weighted by Crippen LogP contribution is -2.27. The maximum Gasteiger partial charge on any atom is 0.418 e. The molecular weight excluding hydrogens is 228 g/mol. The fourth-order valence-corrected chi connectivity index (χ4v) is 0.435. The molecule has 0 atom stereocenters. The van der Waals surface area contributed by atoms with Crippen LogP contribution < -0.4 is 11.8 Å². The van der Waals surface area contributed by atoms with Crippen LogP contribution >= 0.6 is 0 Å². The number of hydrogen-bond acceptors (Lipinski definition) is 10. The first-order valence-electron chi connectivity index (χ1n) is 3.64. The molecule has 4 N–H and O–H groups in total. The first-order valence-corrected chi connectivity index (χ1v) is 3.64. The van der Waals surface area contributed by atoms with Gasteiger partial charge in [0, 0.05) is 0 Å². The lowest BCUT2D eigenvalue weighted by atomic mass is 10.6. The Labute approximate surface area is 88.3 Å². The highest BCUT2D eigenvalue weighted by Crippen LogP contribution is 1.86. The van der Waals surface area contributed by atoms with Crippen LogP contribution in [0.15, 0.2) is 0 Å². The van der Waals surface area contributed by atoms with Crippen molar-refractivity contribution < 1.29 is 38.3 Å². The summed E-state index contributed by atoms with van der Waals surface area (Å²) in [6.45, 7) is -1.71. The van der Waals surface area contributed by atoms with Gasteiger partial charge in [-0.3, -0.25) is 0 Å². The monoisotopic (exact) mass is 236 g/mol. The van der Waals surface area contributed by atoms with Crippen molar-refractivity contribution in [2.24, 2.45) is 11.8 Å². The second-order valence-corrected chi connectivity index (χ2v) is 2.13. The summed E-state index contributed by atoms with van der Waals surface area (Å²) in [5.41, 5.74) is 0. The summed E-state index contributed by atoms with van der Waals surface area (Å²) in [6, 6.07) is 0. The van der Waals surface area contributed by atoms with Crippen molar-refractivity contribution >= 4 is 23.9 Å². The Kier molecular flexibility index (Phi) is 6.16. The van der Waals surface area contributed by atoms with E-state index in [4.69, 9.17) is 0 Å². The Hall–Kier alpha value is -2.20. The molecule has 10 nitrogen and oxygen atoms in total. The molecule has 0 aromatic rings. The zero-order chi connectivity index (χ0) is 12.6. The predicted molar refractivity (Wildman–Crippen MR) is 42.5 cm³/mol. The van der Waals surface area contributed by atoms with Gasteiger partial charge >= 0.3 is 23.9 Å². The average Bonchev–Trinajstić information content (AvgIpc) is 2.31. The Morgan fingerprint density at radius 1 is 0.750 bits per heavy atom. The normalized spacial score (nSPS) is 8.88. The van der Waals surface area contributed by atoms with Gasteiger partial charge in [-0.25, -0.2) is 19.2 Å². The van der Waals surface area contributed by atoms with Gasteiger partial charge in [-0.2, -0.15) is 11.8 Å². The van der Waals surface area contributed by atoms with Gasteiger partial charge in [-0.05, 0) is 0 Å². The van der Waals surface area contributed by atoms with E-state index in [1.165, 1.54) is 0 Å². The number of hydrogen-bond donors (Lipinski definition) is 2. The van der Waals surface area contributed by atoms with Crippen molar-refractivity contribution in [2.75, 3.05) is 13.2 Å². The fraction of sp³-hybridized carbons (Fsp3) is 0.333. The molecule has 0 rings (SSSR count). The lowest BCUT2D eigenvalue weighted by Gasteiger charge is -2.02. The second-order valence-electron chi connectivity index (χ2n) is 2.13. The first-order chi connectivity index (χ1) is 7.51. The number of carbonyl (C=O) groups excluding carboxylic acids is 4. The molecule has 10 heteroatoms. The molecule has 0 aliphatic carbocycles. The summed E-state index contributed by atoms with van der Waals surface area (Å²) in [7, 11) is 0. The summed E-state index contributed by atoms with van der Waals surface area (Å²) in [4.78, 5) is 49.5. The van der Waals surface area contributed by atoms with E-state index < -0.39 is 37.1 Å². The van der Waals surface area contributed by atoms with Crippen LogP contribution in [0.4, 0.5) is 0 Å². The van der Waals surface area contributed by atoms with Gasteiger partial charge < -0.3 is 19.1 Å². The molecule has 0 aromatic carbocycles. The van der Waals surface area contributed by atoms with Crippen LogP contribution in [-0.4, -0.2) is 37.1 Å². The van der Waals surface area contributed by atoms with Crippen LogP contribution in [0.5, 0.6) is 0 Å². The van der Waals surface area contributed by atoms with E-state index in [0.29, 0.717) is 0 Å². The molecule has 0 saturated carbocycles. The molecule has 90 valence electrons. The highest BCUT2D eigenvalue weighted by Gasteiger charge is 2.20. The molecule has 0 fully saturated rings. The molecule has 16 heavy (non-hydrogen) atoms. The average molecular weight is 236 g/mol. The van der Waals surface area contributed by atoms with E-state index in [-0.39, 0.29) is 0 Å². The fourth-order valence-electron chi connectivity index (χ4n) is 0.435. The summed E-state index contributed by atoms with van der Waals surface area (Å²) >= 11 is 0. The minimum Gasteiger partial charge on any atom is -0.445 e. The topological polar surface area (TPSA) is 157 Å². The summed E-state index contributed by atoms with van der Waals surface area (Å²) in [6.07, 6.45) is 0. The van der Waals surface area contributed by atoms with E-state index in [2.05, 4.69) is 30.9 Å². The van der Waals surface area contributed by atoms with Crippen molar-refractivity contribution in [3.8, 4) is 0 Å². The maximum absolute atomic E-state index is 10.7. The minimum atomic E-state index is -1.49. The van der Waals surface area contributed by atoms with Crippen molar-refractivity contribution in [1.29, 1.82) is 0 Å². The summed E-state index contributed by atoms with van der Waals surface area (Å²) in [5, 5.41) is 0. The Morgan fingerprint density at radius 2 is 1.06 bits per heavy atom. The standard InChI is InChI=1S/C6H8N2O8/c7-15-3(9)1-13-5(11)6(12)14-2-4(10)16-8/h1-2,7-8H2. The van der Waals surface area contributed by atoms with E-state index >= 15 is 0 Å². The minimum absolute atomic E-state index is 0.855. The van der Waals surface area contributed by atoms with Gasteiger partial charge in [-0.1, -0.05) is 0 Å². The number of esters is 2. The van der Waals surface area contributed by atoms with Gasteiger partial charge in [0.1, 0.15) is 0 Å². The third-order valence-corrected chi connectivity index (χ3v) is 1.07. The van der Waals surface area contributed by atoms with E-state index in [9.17, 15) is 19.2 Å². The van der Waals surface area contributed by atoms with Crippen LogP contribution in [0.25, 0.3) is 0 Å². The molecule has 0 heterocycles. The molecule has 0 unspecified atom stereocenters. The van der Waals surface area contributed by atoms with Crippen molar-refractivity contribution in [2.45, 2.75) is 0 Å². The second kappa shape index (κ2) is 7.14.